The predicted octanol–water partition coefficient (Wildman–Crippen LogP) is 3.37. The molecule has 0 bridgehead atoms. The van der Waals surface area contributed by atoms with Gasteiger partial charge >= 0.3 is 0 Å². The van der Waals surface area contributed by atoms with Gasteiger partial charge in [0.05, 0.1) is 6.42 Å². The van der Waals surface area contributed by atoms with E-state index in [9.17, 15) is 13.6 Å². The monoisotopic (exact) mass is 358 g/mol. The highest BCUT2D eigenvalue weighted by atomic mass is 19.1. The SMILES string of the molecule is Cc1ccc([C@H]2CN(C(=O)Cc3cc(F)ccc3F)C[C@@H]2N(C)C)cc1. The largest absolute Gasteiger partial charge is 0.340 e. The lowest BCUT2D eigenvalue weighted by atomic mass is 9.93. The molecule has 0 saturated carbocycles. The van der Waals surface area contributed by atoms with Gasteiger partial charge in [-0.15, -0.1) is 0 Å². The van der Waals surface area contributed by atoms with Gasteiger partial charge in [0.25, 0.3) is 0 Å². The number of halogens is 2. The Labute approximate surface area is 153 Å². The number of benzene rings is 2. The molecule has 1 aliphatic rings. The van der Waals surface area contributed by atoms with Gasteiger partial charge in [-0.3, -0.25) is 4.79 Å². The molecule has 3 rings (SSSR count). The molecule has 0 N–H and O–H groups in total. The van der Waals surface area contributed by atoms with E-state index in [1.54, 1.807) is 4.90 Å². The van der Waals surface area contributed by atoms with Gasteiger partial charge in [0.2, 0.25) is 5.91 Å². The van der Waals surface area contributed by atoms with Crippen LogP contribution in [0.5, 0.6) is 0 Å². The fourth-order valence-electron chi connectivity index (χ4n) is 3.61. The summed E-state index contributed by atoms with van der Waals surface area (Å²) >= 11 is 0. The number of hydrogen-bond donors (Lipinski definition) is 0. The quantitative estimate of drug-likeness (QED) is 0.837. The van der Waals surface area contributed by atoms with Crippen LogP contribution in [0.25, 0.3) is 0 Å². The second-order valence-corrected chi connectivity index (χ2v) is 7.26. The third-order valence-corrected chi connectivity index (χ3v) is 5.16. The Kier molecular flexibility index (Phi) is 5.37. The summed E-state index contributed by atoms with van der Waals surface area (Å²) in [4.78, 5) is 16.6. The molecular formula is C21H24F2N2O. The van der Waals surface area contributed by atoms with Gasteiger partial charge in [-0.2, -0.15) is 0 Å². The van der Waals surface area contributed by atoms with E-state index >= 15 is 0 Å². The van der Waals surface area contributed by atoms with Crippen molar-refractivity contribution in [3.63, 3.8) is 0 Å². The summed E-state index contributed by atoms with van der Waals surface area (Å²) in [6.45, 7) is 3.22. The van der Waals surface area contributed by atoms with Gasteiger partial charge < -0.3 is 9.80 Å². The van der Waals surface area contributed by atoms with Crippen LogP contribution in [0.3, 0.4) is 0 Å². The van der Waals surface area contributed by atoms with E-state index in [1.165, 1.54) is 11.1 Å². The lowest BCUT2D eigenvalue weighted by Gasteiger charge is -2.25. The number of hydrogen-bond acceptors (Lipinski definition) is 2. The molecule has 0 aromatic heterocycles. The Morgan fingerprint density at radius 1 is 1.12 bits per heavy atom. The zero-order chi connectivity index (χ0) is 18.8. The summed E-state index contributed by atoms with van der Waals surface area (Å²) in [7, 11) is 4.01. The molecule has 3 nitrogen and oxygen atoms in total. The second kappa shape index (κ2) is 7.54. The highest BCUT2D eigenvalue weighted by Crippen LogP contribution is 2.31. The van der Waals surface area contributed by atoms with Gasteiger partial charge in [0.1, 0.15) is 11.6 Å². The van der Waals surface area contributed by atoms with Crippen LogP contribution in [-0.2, 0) is 11.2 Å². The van der Waals surface area contributed by atoms with E-state index < -0.39 is 11.6 Å². The Morgan fingerprint density at radius 2 is 1.81 bits per heavy atom. The van der Waals surface area contributed by atoms with Crippen molar-refractivity contribution >= 4 is 5.91 Å². The molecule has 5 heteroatoms. The second-order valence-electron chi connectivity index (χ2n) is 7.26. The van der Waals surface area contributed by atoms with Crippen LogP contribution >= 0.6 is 0 Å². The molecule has 0 radical (unpaired) electrons. The molecule has 1 amide bonds. The van der Waals surface area contributed by atoms with Crippen LogP contribution in [0.2, 0.25) is 0 Å². The topological polar surface area (TPSA) is 23.6 Å². The number of rotatable bonds is 4. The summed E-state index contributed by atoms with van der Waals surface area (Å²) in [5, 5.41) is 0. The summed E-state index contributed by atoms with van der Waals surface area (Å²) in [6.07, 6.45) is -0.121. The van der Waals surface area contributed by atoms with Crippen molar-refractivity contribution in [3.05, 3.63) is 70.8 Å². The maximum Gasteiger partial charge on any atom is 0.227 e. The molecule has 0 aliphatic carbocycles. The van der Waals surface area contributed by atoms with Crippen LogP contribution in [0, 0.1) is 18.6 Å². The van der Waals surface area contributed by atoms with E-state index in [4.69, 9.17) is 0 Å². The Bertz CT molecular complexity index is 789. The lowest BCUT2D eigenvalue weighted by molar-refractivity contribution is -0.129. The first-order chi connectivity index (χ1) is 12.3. The van der Waals surface area contributed by atoms with Crippen molar-refractivity contribution in [2.24, 2.45) is 0 Å². The summed E-state index contributed by atoms with van der Waals surface area (Å²) in [5.74, 6) is -1.04. The van der Waals surface area contributed by atoms with Gasteiger partial charge in [-0.1, -0.05) is 29.8 Å². The first-order valence-corrected chi connectivity index (χ1v) is 8.80. The van der Waals surface area contributed by atoms with E-state index in [0.29, 0.717) is 13.1 Å². The van der Waals surface area contributed by atoms with E-state index in [-0.39, 0.29) is 29.9 Å². The number of carbonyl (C=O) groups excluding carboxylic acids is 1. The third-order valence-electron chi connectivity index (χ3n) is 5.16. The van der Waals surface area contributed by atoms with E-state index in [0.717, 1.165) is 18.2 Å². The van der Waals surface area contributed by atoms with Crippen molar-refractivity contribution in [1.82, 2.24) is 9.80 Å². The third kappa shape index (κ3) is 3.93. The Hall–Kier alpha value is -2.27. The predicted molar refractivity (Wildman–Crippen MR) is 98.0 cm³/mol. The average Bonchev–Trinajstić information content (AvgIpc) is 3.04. The van der Waals surface area contributed by atoms with Gasteiger partial charge in [-0.25, -0.2) is 8.78 Å². The number of likely N-dealkylation sites (tertiary alicyclic amines) is 1. The minimum atomic E-state index is -0.543. The number of nitrogens with zero attached hydrogens (tertiary/aromatic N) is 2. The molecule has 0 spiro atoms. The zero-order valence-electron chi connectivity index (χ0n) is 15.4. The van der Waals surface area contributed by atoms with Crippen LogP contribution < -0.4 is 0 Å². The number of carbonyl (C=O) groups is 1. The smallest absolute Gasteiger partial charge is 0.227 e. The highest BCUT2D eigenvalue weighted by molar-refractivity contribution is 5.79. The molecule has 1 heterocycles. The molecule has 2 aromatic carbocycles. The molecule has 1 aliphatic heterocycles. The van der Waals surface area contributed by atoms with Crippen LogP contribution in [0.1, 0.15) is 22.6 Å². The molecule has 26 heavy (non-hydrogen) atoms. The van der Waals surface area contributed by atoms with Crippen molar-refractivity contribution in [1.29, 1.82) is 0 Å². The lowest BCUT2D eigenvalue weighted by Crippen LogP contribution is -2.36. The number of amides is 1. The Morgan fingerprint density at radius 3 is 2.46 bits per heavy atom. The molecule has 1 saturated heterocycles. The molecular weight excluding hydrogens is 334 g/mol. The van der Waals surface area contributed by atoms with Gasteiger partial charge in [0, 0.05) is 30.6 Å². The molecule has 0 unspecified atom stereocenters. The molecule has 1 fully saturated rings. The minimum absolute atomic E-state index is 0.107. The highest BCUT2D eigenvalue weighted by Gasteiger charge is 2.37. The zero-order valence-corrected chi connectivity index (χ0v) is 15.4. The van der Waals surface area contributed by atoms with Crippen molar-refractivity contribution < 1.29 is 13.6 Å². The van der Waals surface area contributed by atoms with Crippen molar-refractivity contribution in [2.45, 2.75) is 25.3 Å². The first-order valence-electron chi connectivity index (χ1n) is 8.80. The maximum atomic E-state index is 13.9. The Balaban J connectivity index is 1.77. The summed E-state index contributed by atoms with van der Waals surface area (Å²) in [6, 6.07) is 11.8. The summed E-state index contributed by atoms with van der Waals surface area (Å²) < 4.78 is 27.2. The average molecular weight is 358 g/mol. The normalized spacial score (nSPS) is 20.0. The minimum Gasteiger partial charge on any atom is -0.340 e. The standard InChI is InChI=1S/C21H24F2N2O/c1-14-4-6-15(7-5-14)18-12-25(13-20(18)24(2)3)21(26)11-16-10-17(22)8-9-19(16)23/h4-10,18,20H,11-13H2,1-3H3/t18-,20+/m1/s1. The fourth-order valence-corrected chi connectivity index (χ4v) is 3.61. The van der Waals surface area contributed by atoms with E-state index in [1.807, 2.05) is 21.0 Å². The number of aryl methyl sites for hydroxylation is 1. The van der Waals surface area contributed by atoms with Gasteiger partial charge in [-0.05, 0) is 44.8 Å². The molecule has 2 aromatic rings. The van der Waals surface area contributed by atoms with Gasteiger partial charge in [0.15, 0.2) is 0 Å². The van der Waals surface area contributed by atoms with Crippen LogP contribution in [-0.4, -0.2) is 48.9 Å². The van der Waals surface area contributed by atoms with Crippen LogP contribution in [0.4, 0.5) is 8.78 Å². The van der Waals surface area contributed by atoms with E-state index in [2.05, 4.69) is 29.2 Å². The maximum absolute atomic E-state index is 13.9. The summed E-state index contributed by atoms with van der Waals surface area (Å²) in [5.41, 5.74) is 2.50. The number of likely N-dealkylation sites (N-methyl/N-ethyl adjacent to an activating group) is 1. The molecule has 138 valence electrons. The molecule has 2 atom stereocenters. The van der Waals surface area contributed by atoms with Crippen LogP contribution in [0.15, 0.2) is 42.5 Å². The van der Waals surface area contributed by atoms with Crippen molar-refractivity contribution in [3.8, 4) is 0 Å². The first kappa shape index (κ1) is 18.5. The fraction of sp³-hybridized carbons (Fsp3) is 0.381. The van der Waals surface area contributed by atoms with Crippen molar-refractivity contribution in [2.75, 3.05) is 27.2 Å².